The van der Waals surface area contributed by atoms with Crippen molar-refractivity contribution in [1.82, 2.24) is 0 Å². The highest BCUT2D eigenvalue weighted by Gasteiger charge is 2.19. The molecular weight excluding hydrogens is 997 g/mol. The van der Waals surface area contributed by atoms with E-state index in [2.05, 4.69) is 63.3 Å². The SMILES string of the molecule is CC/C=C\C/C=C\C/C=C\C/C=C\CCC(=O)OCC(COC(=O)CCCCCCCCCCCCCCCCCCCCCCCCCCC)OC(=O)CCCCCCCCCCCCCCCCCCCCCCCCCCC. The van der Waals surface area contributed by atoms with E-state index in [4.69, 9.17) is 14.2 Å². The molecule has 0 rings (SSSR count). The van der Waals surface area contributed by atoms with E-state index in [1.165, 1.54) is 283 Å². The van der Waals surface area contributed by atoms with E-state index in [0.29, 0.717) is 19.3 Å². The third-order valence-electron chi connectivity index (χ3n) is 16.4. The molecule has 0 aromatic heterocycles. The molecule has 0 amide bonds. The molecule has 6 nitrogen and oxygen atoms in total. The Morgan fingerprint density at radius 1 is 0.259 bits per heavy atom. The minimum absolute atomic E-state index is 0.0896. The van der Waals surface area contributed by atoms with Crippen molar-refractivity contribution in [2.24, 2.45) is 0 Å². The van der Waals surface area contributed by atoms with E-state index in [9.17, 15) is 14.4 Å². The Hall–Kier alpha value is -2.63. The van der Waals surface area contributed by atoms with Crippen LogP contribution in [0.4, 0.5) is 0 Å². The zero-order valence-corrected chi connectivity index (χ0v) is 54.6. The molecule has 0 aliphatic rings. The third kappa shape index (κ3) is 68.0. The summed E-state index contributed by atoms with van der Waals surface area (Å²) in [6.07, 6.45) is 88.9. The molecule has 0 aromatic rings. The second-order valence-corrected chi connectivity index (χ2v) is 24.5. The first-order valence-corrected chi connectivity index (χ1v) is 36.1. The van der Waals surface area contributed by atoms with Gasteiger partial charge in [0, 0.05) is 19.3 Å². The minimum atomic E-state index is -0.800. The van der Waals surface area contributed by atoms with Gasteiger partial charge in [0.15, 0.2) is 6.10 Å². The van der Waals surface area contributed by atoms with Crippen molar-refractivity contribution in [1.29, 1.82) is 0 Å². The fraction of sp³-hybridized carbons (Fsp3) is 0.853. The van der Waals surface area contributed by atoms with Crippen LogP contribution in [0.25, 0.3) is 0 Å². The van der Waals surface area contributed by atoms with Gasteiger partial charge >= 0.3 is 17.9 Å². The Kier molecular flexibility index (Phi) is 67.6. The summed E-state index contributed by atoms with van der Waals surface area (Å²) in [7, 11) is 0. The van der Waals surface area contributed by atoms with Crippen molar-refractivity contribution in [2.75, 3.05) is 13.2 Å². The molecule has 0 aliphatic carbocycles. The van der Waals surface area contributed by atoms with Crippen LogP contribution in [-0.2, 0) is 28.6 Å². The maximum Gasteiger partial charge on any atom is 0.306 e. The van der Waals surface area contributed by atoms with Gasteiger partial charge in [-0.25, -0.2) is 0 Å². The van der Waals surface area contributed by atoms with Gasteiger partial charge in [0.2, 0.25) is 0 Å². The molecule has 0 aromatic carbocycles. The maximum atomic E-state index is 13.0. The zero-order chi connectivity index (χ0) is 58.5. The number of unbranched alkanes of at least 4 members (excludes halogenated alkanes) is 48. The lowest BCUT2D eigenvalue weighted by Gasteiger charge is -2.18. The van der Waals surface area contributed by atoms with Gasteiger partial charge in [-0.3, -0.25) is 14.4 Å². The highest BCUT2D eigenvalue weighted by Crippen LogP contribution is 2.19. The van der Waals surface area contributed by atoms with Crippen LogP contribution in [0.3, 0.4) is 0 Å². The monoisotopic (exact) mass is 1140 g/mol. The van der Waals surface area contributed by atoms with Gasteiger partial charge < -0.3 is 14.2 Å². The predicted octanol–water partition coefficient (Wildman–Crippen LogP) is 24.9. The second kappa shape index (κ2) is 69.9. The Morgan fingerprint density at radius 2 is 0.481 bits per heavy atom. The number of rotatable bonds is 67. The Balaban J connectivity index is 4.23. The van der Waals surface area contributed by atoms with Gasteiger partial charge in [-0.1, -0.05) is 378 Å². The quantitative estimate of drug-likeness (QED) is 0.0261. The molecule has 0 aliphatic heterocycles. The summed E-state index contributed by atoms with van der Waals surface area (Å²) in [6, 6.07) is 0. The third-order valence-corrected chi connectivity index (χ3v) is 16.4. The van der Waals surface area contributed by atoms with Gasteiger partial charge in [-0.15, -0.1) is 0 Å². The van der Waals surface area contributed by atoms with E-state index in [-0.39, 0.29) is 37.5 Å². The van der Waals surface area contributed by atoms with Gasteiger partial charge in [-0.05, 0) is 44.9 Å². The first-order valence-electron chi connectivity index (χ1n) is 36.1. The molecule has 0 bridgehead atoms. The normalized spacial score (nSPS) is 12.3. The molecule has 0 heterocycles. The van der Waals surface area contributed by atoms with Crippen molar-refractivity contribution < 1.29 is 28.6 Å². The van der Waals surface area contributed by atoms with E-state index in [1.54, 1.807) is 0 Å². The molecule has 0 saturated carbocycles. The van der Waals surface area contributed by atoms with E-state index in [0.717, 1.165) is 64.2 Å². The van der Waals surface area contributed by atoms with Crippen molar-refractivity contribution in [3.05, 3.63) is 48.6 Å². The molecule has 0 saturated heterocycles. The summed E-state index contributed by atoms with van der Waals surface area (Å²) in [5.74, 6) is -0.947. The van der Waals surface area contributed by atoms with E-state index < -0.39 is 6.10 Å². The number of carbonyl (C=O) groups is 3. The summed E-state index contributed by atoms with van der Waals surface area (Å²) in [5.41, 5.74) is 0. The summed E-state index contributed by atoms with van der Waals surface area (Å²) < 4.78 is 16.9. The molecular formula is C75H138O6. The summed E-state index contributed by atoms with van der Waals surface area (Å²) in [4.78, 5) is 38.4. The number of hydrogen-bond acceptors (Lipinski definition) is 6. The molecule has 1 atom stereocenters. The van der Waals surface area contributed by atoms with Crippen molar-refractivity contribution >= 4 is 17.9 Å². The summed E-state index contributed by atoms with van der Waals surface area (Å²) in [5, 5.41) is 0. The van der Waals surface area contributed by atoms with Crippen LogP contribution in [0.5, 0.6) is 0 Å². The van der Waals surface area contributed by atoms with Crippen LogP contribution < -0.4 is 0 Å². The highest BCUT2D eigenvalue weighted by molar-refractivity contribution is 5.71. The van der Waals surface area contributed by atoms with E-state index >= 15 is 0 Å². The maximum absolute atomic E-state index is 13.0. The lowest BCUT2D eigenvalue weighted by Crippen LogP contribution is -2.30. The molecule has 0 spiro atoms. The Bertz CT molecular complexity index is 1400. The second-order valence-electron chi connectivity index (χ2n) is 24.5. The highest BCUT2D eigenvalue weighted by atomic mass is 16.6. The summed E-state index contributed by atoms with van der Waals surface area (Å²) >= 11 is 0. The topological polar surface area (TPSA) is 78.9 Å². The van der Waals surface area contributed by atoms with Gasteiger partial charge in [0.1, 0.15) is 13.2 Å². The van der Waals surface area contributed by atoms with Crippen LogP contribution in [0.15, 0.2) is 48.6 Å². The minimum Gasteiger partial charge on any atom is -0.462 e. The molecule has 0 radical (unpaired) electrons. The van der Waals surface area contributed by atoms with Gasteiger partial charge in [-0.2, -0.15) is 0 Å². The van der Waals surface area contributed by atoms with Crippen LogP contribution >= 0.6 is 0 Å². The average molecular weight is 1140 g/mol. The van der Waals surface area contributed by atoms with Gasteiger partial charge in [0.05, 0.1) is 0 Å². The average Bonchev–Trinajstić information content (AvgIpc) is 3.46. The largest absolute Gasteiger partial charge is 0.462 e. The van der Waals surface area contributed by atoms with Gasteiger partial charge in [0.25, 0.3) is 0 Å². The number of esters is 3. The van der Waals surface area contributed by atoms with Crippen LogP contribution in [-0.4, -0.2) is 37.2 Å². The molecule has 0 N–H and O–H groups in total. The molecule has 81 heavy (non-hydrogen) atoms. The lowest BCUT2D eigenvalue weighted by atomic mass is 10.0. The molecule has 1 unspecified atom stereocenters. The lowest BCUT2D eigenvalue weighted by molar-refractivity contribution is -0.166. The Labute approximate surface area is 505 Å². The molecule has 6 heteroatoms. The smallest absolute Gasteiger partial charge is 0.306 e. The van der Waals surface area contributed by atoms with Crippen molar-refractivity contribution in [2.45, 2.75) is 399 Å². The van der Waals surface area contributed by atoms with E-state index in [1.807, 2.05) is 6.08 Å². The first kappa shape index (κ1) is 78.4. The standard InChI is InChI=1S/C75H138O6/c1-4-7-10-13-16-19-22-25-27-29-31-33-35-37-39-41-43-45-47-50-53-56-59-62-65-68-74(77)80-71-72(70-79-73(76)67-64-61-58-55-52-49-24-21-18-15-12-9-6-3)81-75(78)69-66-63-60-57-54-51-48-46-44-42-40-38-36-34-32-30-28-26-23-20-17-14-11-8-5-2/h9,12,18,21,49,52,58,61,72H,4-8,10-11,13-17,19-20,22-48,50-51,53-57,59-60,62-71H2,1-3H3/b12-9-,21-18-,52-49-,61-58-. The predicted molar refractivity (Wildman–Crippen MR) is 353 cm³/mol. The Morgan fingerprint density at radius 3 is 0.753 bits per heavy atom. The summed E-state index contributed by atoms with van der Waals surface area (Å²) in [6.45, 7) is 6.54. The van der Waals surface area contributed by atoms with Crippen molar-refractivity contribution in [3.8, 4) is 0 Å². The van der Waals surface area contributed by atoms with Crippen LogP contribution in [0, 0.1) is 0 Å². The fourth-order valence-electron chi connectivity index (χ4n) is 11.0. The number of allylic oxidation sites excluding steroid dienone is 8. The molecule has 0 fully saturated rings. The fourth-order valence-corrected chi connectivity index (χ4v) is 11.0. The number of hydrogen-bond donors (Lipinski definition) is 0. The first-order chi connectivity index (χ1) is 40.0. The van der Waals surface area contributed by atoms with Crippen molar-refractivity contribution in [3.63, 3.8) is 0 Å². The molecule has 474 valence electrons. The van der Waals surface area contributed by atoms with Crippen LogP contribution in [0.1, 0.15) is 393 Å². The number of carbonyl (C=O) groups excluding carboxylic acids is 3. The number of ether oxygens (including phenoxy) is 3. The van der Waals surface area contributed by atoms with Crippen LogP contribution in [0.2, 0.25) is 0 Å². The zero-order valence-electron chi connectivity index (χ0n) is 54.6.